The van der Waals surface area contributed by atoms with E-state index < -0.39 is 0 Å². The van der Waals surface area contributed by atoms with E-state index in [4.69, 9.17) is 23.2 Å². The van der Waals surface area contributed by atoms with Crippen molar-refractivity contribution in [1.29, 1.82) is 0 Å². The number of hydrazine groups is 2. The summed E-state index contributed by atoms with van der Waals surface area (Å²) in [6.45, 7) is 0. The van der Waals surface area contributed by atoms with Gasteiger partial charge >= 0.3 is 0 Å². The highest BCUT2D eigenvalue weighted by Gasteiger charge is 2.07. The molecule has 0 aromatic heterocycles. The second-order valence-corrected chi connectivity index (χ2v) is 2.73. The lowest BCUT2D eigenvalue weighted by Crippen LogP contribution is -2.10. The van der Waals surface area contributed by atoms with Crippen molar-refractivity contribution in [1.82, 2.24) is 0 Å². The van der Waals surface area contributed by atoms with Crippen molar-refractivity contribution in [2.75, 3.05) is 10.9 Å². The summed E-state index contributed by atoms with van der Waals surface area (Å²) in [5, 5.41) is 0. The van der Waals surface area contributed by atoms with Crippen molar-refractivity contribution in [2.45, 2.75) is 0 Å². The molecule has 0 bridgehead atoms. The Kier molecular flexibility index (Phi) is 4.07. The van der Waals surface area contributed by atoms with Crippen LogP contribution in [0.2, 0.25) is 0 Å². The summed E-state index contributed by atoms with van der Waals surface area (Å²) in [6.07, 6.45) is 2.31. The molecule has 0 aliphatic heterocycles. The molecule has 8 heteroatoms. The van der Waals surface area contributed by atoms with Gasteiger partial charge in [-0.25, -0.2) is 9.98 Å². The number of aliphatic imine (C=N–C) groups is 2. The molecule has 0 heterocycles. The minimum Gasteiger partial charge on any atom is -0.390 e. The van der Waals surface area contributed by atoms with Crippen molar-refractivity contribution in [2.24, 2.45) is 33.1 Å². The van der Waals surface area contributed by atoms with Crippen LogP contribution in [0.1, 0.15) is 0 Å². The topological polar surface area (TPSA) is 153 Å². The highest BCUT2D eigenvalue weighted by atomic mass is 15.2. The average Bonchev–Trinajstić information content (AvgIpc) is 2.31. The summed E-state index contributed by atoms with van der Waals surface area (Å²) in [7, 11) is 0. The Morgan fingerprint density at radius 1 is 0.875 bits per heavy atom. The van der Waals surface area contributed by atoms with Crippen LogP contribution in [-0.2, 0) is 0 Å². The minimum atomic E-state index is 0.536. The van der Waals surface area contributed by atoms with Crippen LogP contribution in [0.15, 0.2) is 22.1 Å². The van der Waals surface area contributed by atoms with Gasteiger partial charge in [0.25, 0.3) is 0 Å². The quantitative estimate of drug-likeness (QED) is 0.175. The molecule has 0 atom stereocenters. The van der Waals surface area contributed by atoms with Gasteiger partial charge in [0.1, 0.15) is 0 Å². The second kappa shape index (κ2) is 5.53. The number of nitrogens with one attached hydrogen (secondary N) is 2. The molecule has 0 amide bonds. The predicted octanol–water partition coefficient (Wildman–Crippen LogP) is -0.505. The normalized spacial score (nSPS) is 11.1. The molecule has 0 aliphatic rings. The molecule has 0 fully saturated rings. The van der Waals surface area contributed by atoms with Crippen molar-refractivity contribution in [3.05, 3.63) is 12.1 Å². The zero-order chi connectivity index (χ0) is 12.0. The Bertz CT molecular complexity index is 371. The molecular formula is C8H14N8. The number of anilines is 2. The average molecular weight is 222 g/mol. The van der Waals surface area contributed by atoms with E-state index in [0.29, 0.717) is 22.7 Å². The van der Waals surface area contributed by atoms with Crippen molar-refractivity contribution in [3.8, 4) is 0 Å². The Balaban J connectivity index is 3.33. The summed E-state index contributed by atoms with van der Waals surface area (Å²) in [4.78, 5) is 7.84. The standard InChI is InChI=1S/C8H14N8/c9-3-13-5-1-7(15-11)6(14-4-10)2-8(5)16-12/h1-4,15-16H,11-12H2,(H2,9,13)(H2,10,14). The number of benzene rings is 1. The van der Waals surface area contributed by atoms with Crippen LogP contribution >= 0.6 is 0 Å². The fourth-order valence-electron chi connectivity index (χ4n) is 1.18. The van der Waals surface area contributed by atoms with Gasteiger partial charge < -0.3 is 22.3 Å². The Labute approximate surface area is 92.4 Å². The molecule has 0 saturated carbocycles. The highest BCUT2D eigenvalue weighted by Crippen LogP contribution is 2.35. The molecule has 8 nitrogen and oxygen atoms in total. The maximum absolute atomic E-state index is 5.34. The lowest BCUT2D eigenvalue weighted by Gasteiger charge is -2.10. The zero-order valence-corrected chi connectivity index (χ0v) is 8.51. The lowest BCUT2D eigenvalue weighted by molar-refractivity contribution is 1.30. The summed E-state index contributed by atoms with van der Waals surface area (Å²) in [5.74, 6) is 10.7. The monoisotopic (exact) mass is 222 g/mol. The minimum absolute atomic E-state index is 0.536. The first kappa shape index (κ1) is 11.8. The summed E-state index contributed by atoms with van der Waals surface area (Å²) in [6, 6.07) is 3.28. The largest absolute Gasteiger partial charge is 0.390 e. The van der Waals surface area contributed by atoms with Gasteiger partial charge in [-0.05, 0) is 12.1 Å². The highest BCUT2D eigenvalue weighted by molar-refractivity contribution is 5.83. The van der Waals surface area contributed by atoms with Crippen LogP contribution in [0.25, 0.3) is 0 Å². The van der Waals surface area contributed by atoms with Crippen LogP contribution in [0.4, 0.5) is 22.7 Å². The van der Waals surface area contributed by atoms with E-state index in [0.717, 1.165) is 12.7 Å². The first-order valence-corrected chi connectivity index (χ1v) is 4.36. The molecule has 86 valence electrons. The third kappa shape index (κ3) is 2.38. The van der Waals surface area contributed by atoms with Crippen LogP contribution in [0, 0.1) is 0 Å². The number of nitrogens with zero attached hydrogens (tertiary/aromatic N) is 2. The molecule has 1 aromatic rings. The van der Waals surface area contributed by atoms with E-state index in [1.807, 2.05) is 0 Å². The van der Waals surface area contributed by atoms with E-state index in [9.17, 15) is 0 Å². The molecular weight excluding hydrogens is 208 g/mol. The molecule has 0 radical (unpaired) electrons. The number of nitrogens with two attached hydrogens (primary N) is 4. The molecule has 0 aliphatic carbocycles. The van der Waals surface area contributed by atoms with Crippen LogP contribution in [-0.4, -0.2) is 12.7 Å². The van der Waals surface area contributed by atoms with E-state index in [1.54, 1.807) is 12.1 Å². The zero-order valence-electron chi connectivity index (χ0n) is 8.51. The Morgan fingerprint density at radius 2 is 1.25 bits per heavy atom. The van der Waals surface area contributed by atoms with Gasteiger partial charge in [-0.3, -0.25) is 11.7 Å². The maximum Gasteiger partial charge on any atom is 0.0914 e. The Hall–Kier alpha value is -2.32. The van der Waals surface area contributed by atoms with E-state index in [-0.39, 0.29) is 0 Å². The molecule has 0 saturated heterocycles. The van der Waals surface area contributed by atoms with E-state index >= 15 is 0 Å². The van der Waals surface area contributed by atoms with Gasteiger partial charge in [0, 0.05) is 0 Å². The molecule has 0 spiro atoms. The lowest BCUT2D eigenvalue weighted by atomic mass is 10.2. The fourth-order valence-corrected chi connectivity index (χ4v) is 1.18. The smallest absolute Gasteiger partial charge is 0.0914 e. The maximum atomic E-state index is 5.34. The van der Waals surface area contributed by atoms with Gasteiger partial charge in [-0.2, -0.15) is 0 Å². The SMILES string of the molecule is NC=Nc1cc(NN)c(N=CN)cc1NN. The van der Waals surface area contributed by atoms with Crippen molar-refractivity contribution >= 4 is 35.4 Å². The van der Waals surface area contributed by atoms with Gasteiger partial charge in [0.15, 0.2) is 0 Å². The van der Waals surface area contributed by atoms with Crippen LogP contribution < -0.4 is 34.0 Å². The van der Waals surface area contributed by atoms with Gasteiger partial charge in [0.2, 0.25) is 0 Å². The summed E-state index contributed by atoms with van der Waals surface area (Å²) >= 11 is 0. The molecule has 1 aromatic carbocycles. The first-order valence-electron chi connectivity index (χ1n) is 4.36. The van der Waals surface area contributed by atoms with Crippen LogP contribution in [0.3, 0.4) is 0 Å². The van der Waals surface area contributed by atoms with E-state index in [2.05, 4.69) is 20.8 Å². The van der Waals surface area contributed by atoms with Crippen LogP contribution in [0.5, 0.6) is 0 Å². The van der Waals surface area contributed by atoms with E-state index in [1.165, 1.54) is 0 Å². The third-order valence-electron chi connectivity index (χ3n) is 1.85. The number of hydrogen-bond acceptors (Lipinski definition) is 6. The third-order valence-corrected chi connectivity index (χ3v) is 1.85. The Morgan fingerprint density at radius 3 is 1.50 bits per heavy atom. The molecule has 0 unspecified atom stereocenters. The molecule has 10 N–H and O–H groups in total. The van der Waals surface area contributed by atoms with Crippen molar-refractivity contribution in [3.63, 3.8) is 0 Å². The van der Waals surface area contributed by atoms with Gasteiger partial charge in [-0.15, -0.1) is 0 Å². The van der Waals surface area contributed by atoms with Gasteiger partial charge in [0.05, 0.1) is 35.4 Å². The number of nitrogen functional groups attached to an aromatic ring is 2. The van der Waals surface area contributed by atoms with Gasteiger partial charge in [-0.1, -0.05) is 0 Å². The number of hydrogen-bond donors (Lipinski definition) is 6. The van der Waals surface area contributed by atoms with Crippen molar-refractivity contribution < 1.29 is 0 Å². The number of rotatable bonds is 4. The molecule has 1 rings (SSSR count). The second-order valence-electron chi connectivity index (χ2n) is 2.73. The first-order chi connectivity index (χ1) is 7.76. The molecule has 16 heavy (non-hydrogen) atoms. The fraction of sp³-hybridized carbons (Fsp3) is 0. The summed E-state index contributed by atoms with van der Waals surface area (Å²) < 4.78 is 0. The summed E-state index contributed by atoms with van der Waals surface area (Å²) in [5.41, 5.74) is 17.6. The predicted molar refractivity (Wildman–Crippen MR) is 66.7 cm³/mol.